The van der Waals surface area contributed by atoms with Gasteiger partial charge in [-0.15, -0.1) is 0 Å². The summed E-state index contributed by atoms with van der Waals surface area (Å²) >= 11 is 0. The fraction of sp³-hybridized carbons (Fsp3) is 0.176. The van der Waals surface area contributed by atoms with Crippen molar-refractivity contribution in [3.8, 4) is 0 Å². The third-order valence-electron chi connectivity index (χ3n) is 3.73. The summed E-state index contributed by atoms with van der Waals surface area (Å²) in [7, 11) is 1.42. The minimum Gasteiger partial charge on any atom is -0.346 e. The first-order chi connectivity index (χ1) is 11.0. The number of rotatable bonds is 3. The van der Waals surface area contributed by atoms with E-state index < -0.39 is 0 Å². The number of carbonyl (C=O) groups is 3. The summed E-state index contributed by atoms with van der Waals surface area (Å²) in [5, 5.41) is 2.76. The lowest BCUT2D eigenvalue weighted by Crippen LogP contribution is -2.24. The number of imide groups is 1. The van der Waals surface area contributed by atoms with Crippen LogP contribution in [0.3, 0.4) is 0 Å². The normalized spacial score (nSPS) is 13.2. The summed E-state index contributed by atoms with van der Waals surface area (Å²) in [5.74, 6) is -1.05. The molecule has 1 aliphatic heterocycles. The van der Waals surface area contributed by atoms with E-state index in [2.05, 4.69) is 10.3 Å². The van der Waals surface area contributed by atoms with E-state index in [1.54, 1.807) is 6.07 Å². The van der Waals surface area contributed by atoms with Crippen LogP contribution in [0.4, 0.5) is 0 Å². The van der Waals surface area contributed by atoms with Gasteiger partial charge >= 0.3 is 0 Å². The highest BCUT2D eigenvalue weighted by molar-refractivity contribution is 6.21. The highest BCUT2D eigenvalue weighted by atomic mass is 16.2. The molecule has 1 N–H and O–H groups in total. The molecule has 116 valence electrons. The molecule has 23 heavy (non-hydrogen) atoms. The minimum absolute atomic E-state index is 0.263. The Morgan fingerprint density at radius 2 is 1.87 bits per heavy atom. The Balaban J connectivity index is 1.77. The van der Waals surface area contributed by atoms with Crippen molar-refractivity contribution in [3.63, 3.8) is 0 Å². The van der Waals surface area contributed by atoms with E-state index >= 15 is 0 Å². The molecule has 2 heterocycles. The predicted octanol–water partition coefficient (Wildman–Crippen LogP) is 1.55. The SMILES string of the molecule is Cc1cccc(CNC(=O)c2ccc3c(c2)C(=O)N(C)C3=O)n1. The van der Waals surface area contributed by atoms with Crippen molar-refractivity contribution in [1.29, 1.82) is 0 Å². The van der Waals surface area contributed by atoms with Gasteiger partial charge in [-0.25, -0.2) is 0 Å². The van der Waals surface area contributed by atoms with Crippen LogP contribution in [-0.2, 0) is 6.54 Å². The van der Waals surface area contributed by atoms with Crippen LogP contribution in [0.15, 0.2) is 36.4 Å². The second kappa shape index (κ2) is 5.64. The maximum Gasteiger partial charge on any atom is 0.261 e. The molecule has 0 saturated heterocycles. The van der Waals surface area contributed by atoms with Crippen molar-refractivity contribution in [3.05, 3.63) is 64.5 Å². The quantitative estimate of drug-likeness (QED) is 0.872. The van der Waals surface area contributed by atoms with Crippen LogP contribution in [0.25, 0.3) is 0 Å². The third-order valence-corrected chi connectivity index (χ3v) is 3.73. The Labute approximate surface area is 133 Å². The molecule has 1 aromatic heterocycles. The first kappa shape index (κ1) is 14.9. The Kier molecular flexibility index (Phi) is 3.65. The molecule has 0 unspecified atom stereocenters. The molecule has 1 aromatic carbocycles. The van der Waals surface area contributed by atoms with Crippen molar-refractivity contribution in [2.75, 3.05) is 7.05 Å². The monoisotopic (exact) mass is 309 g/mol. The number of pyridine rings is 1. The second-order valence-electron chi connectivity index (χ2n) is 5.38. The van der Waals surface area contributed by atoms with Gasteiger partial charge in [0.15, 0.2) is 0 Å². The minimum atomic E-state index is -0.389. The summed E-state index contributed by atoms with van der Waals surface area (Å²) in [4.78, 5) is 41.4. The van der Waals surface area contributed by atoms with Crippen LogP contribution < -0.4 is 5.32 Å². The average molecular weight is 309 g/mol. The third kappa shape index (κ3) is 2.70. The van der Waals surface area contributed by atoms with Gasteiger partial charge in [0.25, 0.3) is 17.7 Å². The zero-order valence-corrected chi connectivity index (χ0v) is 12.8. The lowest BCUT2D eigenvalue weighted by molar-refractivity contribution is 0.0693. The summed E-state index contributed by atoms with van der Waals surface area (Å²) in [6.07, 6.45) is 0. The van der Waals surface area contributed by atoms with E-state index in [1.165, 1.54) is 19.2 Å². The zero-order valence-electron chi connectivity index (χ0n) is 12.8. The van der Waals surface area contributed by atoms with Crippen LogP contribution in [0, 0.1) is 6.92 Å². The molecule has 0 atom stereocenters. The highest BCUT2D eigenvalue weighted by Crippen LogP contribution is 2.22. The van der Waals surface area contributed by atoms with Gasteiger partial charge in [0.2, 0.25) is 0 Å². The van der Waals surface area contributed by atoms with Gasteiger partial charge < -0.3 is 5.32 Å². The van der Waals surface area contributed by atoms with Crippen molar-refractivity contribution in [2.24, 2.45) is 0 Å². The van der Waals surface area contributed by atoms with Crippen molar-refractivity contribution in [1.82, 2.24) is 15.2 Å². The van der Waals surface area contributed by atoms with E-state index in [0.29, 0.717) is 17.7 Å². The lowest BCUT2D eigenvalue weighted by Gasteiger charge is -2.06. The maximum atomic E-state index is 12.2. The molecule has 0 aliphatic carbocycles. The summed E-state index contributed by atoms with van der Waals surface area (Å²) < 4.78 is 0. The molecule has 6 heteroatoms. The number of aromatic nitrogens is 1. The Hall–Kier alpha value is -3.02. The summed E-state index contributed by atoms with van der Waals surface area (Å²) in [6, 6.07) is 10.1. The Morgan fingerprint density at radius 1 is 1.13 bits per heavy atom. The van der Waals surface area contributed by atoms with E-state index in [-0.39, 0.29) is 23.3 Å². The molecule has 3 rings (SSSR count). The molecular formula is C17H15N3O3. The molecule has 2 aromatic rings. The lowest BCUT2D eigenvalue weighted by atomic mass is 10.1. The molecule has 0 spiro atoms. The first-order valence-corrected chi connectivity index (χ1v) is 7.14. The van der Waals surface area contributed by atoms with Gasteiger partial charge in [-0.2, -0.15) is 0 Å². The fourth-order valence-electron chi connectivity index (χ4n) is 2.47. The number of nitrogens with one attached hydrogen (secondary N) is 1. The Bertz CT molecular complexity index is 830. The molecule has 0 radical (unpaired) electrons. The highest BCUT2D eigenvalue weighted by Gasteiger charge is 2.33. The molecule has 0 bridgehead atoms. The van der Waals surface area contributed by atoms with Crippen LogP contribution in [-0.4, -0.2) is 34.7 Å². The fourth-order valence-corrected chi connectivity index (χ4v) is 2.47. The zero-order chi connectivity index (χ0) is 16.6. The molecular weight excluding hydrogens is 294 g/mol. The van der Waals surface area contributed by atoms with Crippen molar-refractivity contribution >= 4 is 17.7 Å². The number of fused-ring (bicyclic) bond motifs is 1. The maximum absolute atomic E-state index is 12.2. The number of hydrogen-bond donors (Lipinski definition) is 1. The topological polar surface area (TPSA) is 79.4 Å². The van der Waals surface area contributed by atoms with Gasteiger partial charge in [-0.1, -0.05) is 6.07 Å². The number of amides is 3. The van der Waals surface area contributed by atoms with E-state index in [1.807, 2.05) is 25.1 Å². The second-order valence-corrected chi connectivity index (χ2v) is 5.38. The van der Waals surface area contributed by atoms with Crippen LogP contribution in [0.1, 0.15) is 42.5 Å². The number of aryl methyl sites for hydroxylation is 1. The smallest absolute Gasteiger partial charge is 0.261 e. The first-order valence-electron chi connectivity index (χ1n) is 7.14. The summed E-state index contributed by atoms with van der Waals surface area (Å²) in [6.45, 7) is 2.18. The van der Waals surface area contributed by atoms with E-state index in [0.717, 1.165) is 16.3 Å². The van der Waals surface area contributed by atoms with Crippen LogP contribution in [0.5, 0.6) is 0 Å². The number of nitrogens with zero attached hydrogens (tertiary/aromatic N) is 2. The van der Waals surface area contributed by atoms with Crippen molar-refractivity contribution in [2.45, 2.75) is 13.5 Å². The molecule has 0 fully saturated rings. The largest absolute Gasteiger partial charge is 0.346 e. The molecule has 3 amide bonds. The average Bonchev–Trinajstić information content (AvgIpc) is 2.77. The number of benzene rings is 1. The number of hydrogen-bond acceptors (Lipinski definition) is 4. The Morgan fingerprint density at radius 3 is 2.61 bits per heavy atom. The molecule has 6 nitrogen and oxygen atoms in total. The van der Waals surface area contributed by atoms with Crippen LogP contribution >= 0.6 is 0 Å². The van der Waals surface area contributed by atoms with Gasteiger partial charge in [0, 0.05) is 18.3 Å². The summed E-state index contributed by atoms with van der Waals surface area (Å²) in [5.41, 5.74) is 2.56. The van der Waals surface area contributed by atoms with Gasteiger partial charge in [-0.05, 0) is 37.3 Å². The predicted molar refractivity (Wildman–Crippen MR) is 83.0 cm³/mol. The van der Waals surface area contributed by atoms with E-state index in [4.69, 9.17) is 0 Å². The van der Waals surface area contributed by atoms with Crippen LogP contribution in [0.2, 0.25) is 0 Å². The van der Waals surface area contributed by atoms with Gasteiger partial charge in [0.1, 0.15) is 0 Å². The molecule has 1 aliphatic rings. The van der Waals surface area contributed by atoms with Gasteiger partial charge in [0.05, 0.1) is 23.4 Å². The van der Waals surface area contributed by atoms with E-state index in [9.17, 15) is 14.4 Å². The van der Waals surface area contributed by atoms with Gasteiger partial charge in [-0.3, -0.25) is 24.3 Å². The number of carbonyl (C=O) groups excluding carboxylic acids is 3. The van der Waals surface area contributed by atoms with Crippen molar-refractivity contribution < 1.29 is 14.4 Å². The standard InChI is InChI=1S/C17H15N3O3/c1-10-4-3-5-12(19-10)9-18-15(21)11-6-7-13-14(8-11)17(23)20(2)16(13)22/h3-8H,9H2,1-2H3,(H,18,21). The molecule has 0 saturated carbocycles.